The lowest BCUT2D eigenvalue weighted by Crippen LogP contribution is -2.15. The lowest BCUT2D eigenvalue weighted by Gasteiger charge is -2.12. The monoisotopic (exact) mass is 219 g/mol. The average molecular weight is 219 g/mol. The van der Waals surface area contributed by atoms with Gasteiger partial charge in [0.15, 0.2) is 0 Å². The molecular formula is C11H13N3O2. The highest BCUT2D eigenvalue weighted by Crippen LogP contribution is 2.26. The lowest BCUT2D eigenvalue weighted by atomic mass is 10.1. The molecule has 0 aromatic carbocycles. The zero-order valence-corrected chi connectivity index (χ0v) is 9.18. The van der Waals surface area contributed by atoms with E-state index in [1.165, 1.54) is 0 Å². The van der Waals surface area contributed by atoms with E-state index in [1.54, 1.807) is 25.8 Å². The molecule has 0 saturated heterocycles. The van der Waals surface area contributed by atoms with Crippen molar-refractivity contribution >= 4 is 0 Å². The van der Waals surface area contributed by atoms with E-state index in [9.17, 15) is 0 Å². The Bertz CT molecular complexity index is 482. The van der Waals surface area contributed by atoms with Crippen LogP contribution in [0.15, 0.2) is 29.1 Å². The summed E-state index contributed by atoms with van der Waals surface area (Å²) in [5, 5.41) is 0. The number of nitrogens with zero attached hydrogens (tertiary/aromatic N) is 2. The Morgan fingerprint density at radius 1 is 1.38 bits per heavy atom. The van der Waals surface area contributed by atoms with E-state index < -0.39 is 0 Å². The Kier molecular flexibility index (Phi) is 2.87. The van der Waals surface area contributed by atoms with Crippen LogP contribution in [-0.2, 0) is 0 Å². The number of rotatable bonds is 3. The molecule has 1 atom stereocenters. The number of hydrogen-bond donors (Lipinski definition) is 1. The van der Waals surface area contributed by atoms with Crippen LogP contribution in [0.3, 0.4) is 0 Å². The first-order valence-corrected chi connectivity index (χ1v) is 4.88. The summed E-state index contributed by atoms with van der Waals surface area (Å²) in [6.07, 6.45) is 4.76. The topological polar surface area (TPSA) is 74.2 Å². The molecule has 0 saturated carbocycles. The maximum absolute atomic E-state index is 6.10. The standard InChI is InChI=1S/C11H13N3O2/c1-7-8(3-6-16-7)9(12)10-11(15-2)14-5-4-13-10/h3-6,9H,12H2,1-2H3. The summed E-state index contributed by atoms with van der Waals surface area (Å²) in [5.74, 6) is 1.22. The molecule has 5 heteroatoms. The summed E-state index contributed by atoms with van der Waals surface area (Å²) in [6.45, 7) is 1.86. The molecule has 0 aliphatic rings. The fourth-order valence-corrected chi connectivity index (χ4v) is 1.57. The smallest absolute Gasteiger partial charge is 0.237 e. The molecule has 0 bridgehead atoms. The van der Waals surface area contributed by atoms with E-state index in [1.807, 2.05) is 13.0 Å². The van der Waals surface area contributed by atoms with Crippen molar-refractivity contribution in [3.05, 3.63) is 41.7 Å². The molecule has 5 nitrogen and oxygen atoms in total. The van der Waals surface area contributed by atoms with E-state index in [-0.39, 0.29) is 6.04 Å². The van der Waals surface area contributed by atoms with Gasteiger partial charge in [-0.2, -0.15) is 0 Å². The Morgan fingerprint density at radius 3 is 2.75 bits per heavy atom. The Labute approximate surface area is 93.3 Å². The zero-order valence-electron chi connectivity index (χ0n) is 9.18. The molecule has 2 aromatic rings. The van der Waals surface area contributed by atoms with Crippen LogP contribution in [0.4, 0.5) is 0 Å². The fourth-order valence-electron chi connectivity index (χ4n) is 1.57. The Hall–Kier alpha value is -1.88. The third-order valence-corrected chi connectivity index (χ3v) is 2.41. The van der Waals surface area contributed by atoms with Gasteiger partial charge in [0.25, 0.3) is 0 Å². The summed E-state index contributed by atoms with van der Waals surface area (Å²) in [6, 6.07) is 1.44. The molecule has 84 valence electrons. The van der Waals surface area contributed by atoms with Crippen LogP contribution in [0.2, 0.25) is 0 Å². The molecule has 2 heterocycles. The quantitative estimate of drug-likeness (QED) is 0.845. The van der Waals surface area contributed by atoms with Crippen LogP contribution in [0.1, 0.15) is 23.1 Å². The maximum atomic E-state index is 6.10. The highest BCUT2D eigenvalue weighted by molar-refractivity contribution is 5.33. The van der Waals surface area contributed by atoms with Gasteiger partial charge in [-0.15, -0.1) is 0 Å². The molecule has 16 heavy (non-hydrogen) atoms. The van der Waals surface area contributed by atoms with Crippen molar-refractivity contribution in [2.45, 2.75) is 13.0 Å². The molecule has 2 rings (SSSR count). The van der Waals surface area contributed by atoms with Gasteiger partial charge in [-0.25, -0.2) is 4.98 Å². The predicted molar refractivity (Wildman–Crippen MR) is 58.1 cm³/mol. The number of hydrogen-bond acceptors (Lipinski definition) is 5. The van der Waals surface area contributed by atoms with Gasteiger partial charge in [0.1, 0.15) is 11.5 Å². The van der Waals surface area contributed by atoms with Crippen molar-refractivity contribution < 1.29 is 9.15 Å². The first kappa shape index (κ1) is 10.6. The van der Waals surface area contributed by atoms with Crippen LogP contribution in [0.5, 0.6) is 5.88 Å². The van der Waals surface area contributed by atoms with E-state index in [2.05, 4.69) is 9.97 Å². The van der Waals surface area contributed by atoms with Gasteiger partial charge in [0.2, 0.25) is 5.88 Å². The number of furan rings is 1. The molecular weight excluding hydrogens is 206 g/mol. The van der Waals surface area contributed by atoms with E-state index >= 15 is 0 Å². The Balaban J connectivity index is 2.41. The first-order valence-electron chi connectivity index (χ1n) is 4.88. The minimum atomic E-state index is -0.387. The molecule has 2 aromatic heterocycles. The fraction of sp³-hybridized carbons (Fsp3) is 0.273. The third kappa shape index (κ3) is 1.77. The number of nitrogens with two attached hydrogens (primary N) is 1. The second-order valence-corrected chi connectivity index (χ2v) is 3.36. The van der Waals surface area contributed by atoms with Crippen LogP contribution < -0.4 is 10.5 Å². The van der Waals surface area contributed by atoms with Gasteiger partial charge in [-0.05, 0) is 13.0 Å². The summed E-state index contributed by atoms with van der Waals surface area (Å²) >= 11 is 0. The van der Waals surface area contributed by atoms with Crippen molar-refractivity contribution in [1.82, 2.24) is 9.97 Å². The molecule has 0 radical (unpaired) electrons. The van der Waals surface area contributed by atoms with Crippen LogP contribution in [-0.4, -0.2) is 17.1 Å². The average Bonchev–Trinajstić information content (AvgIpc) is 2.74. The van der Waals surface area contributed by atoms with E-state index in [4.69, 9.17) is 14.9 Å². The minimum Gasteiger partial charge on any atom is -0.480 e. The second kappa shape index (κ2) is 4.32. The summed E-state index contributed by atoms with van der Waals surface area (Å²) in [5.41, 5.74) is 7.59. The minimum absolute atomic E-state index is 0.387. The van der Waals surface area contributed by atoms with Crippen molar-refractivity contribution in [2.75, 3.05) is 7.11 Å². The summed E-state index contributed by atoms with van der Waals surface area (Å²) in [4.78, 5) is 8.25. The van der Waals surface area contributed by atoms with Gasteiger partial charge in [-0.3, -0.25) is 4.98 Å². The molecule has 1 unspecified atom stereocenters. The van der Waals surface area contributed by atoms with E-state index in [0.29, 0.717) is 11.6 Å². The van der Waals surface area contributed by atoms with Gasteiger partial charge in [0, 0.05) is 18.0 Å². The largest absolute Gasteiger partial charge is 0.480 e. The molecule has 0 amide bonds. The SMILES string of the molecule is COc1nccnc1C(N)c1ccoc1C. The number of methoxy groups -OCH3 is 1. The molecule has 0 fully saturated rings. The molecule has 0 aliphatic carbocycles. The van der Waals surface area contributed by atoms with E-state index in [0.717, 1.165) is 11.3 Å². The van der Waals surface area contributed by atoms with Gasteiger partial charge in [0.05, 0.1) is 19.4 Å². The number of ether oxygens (including phenoxy) is 1. The van der Waals surface area contributed by atoms with Gasteiger partial charge < -0.3 is 14.9 Å². The van der Waals surface area contributed by atoms with Crippen LogP contribution in [0, 0.1) is 6.92 Å². The molecule has 0 aliphatic heterocycles. The lowest BCUT2D eigenvalue weighted by molar-refractivity contribution is 0.386. The number of aryl methyl sites for hydroxylation is 1. The van der Waals surface area contributed by atoms with Gasteiger partial charge in [-0.1, -0.05) is 0 Å². The van der Waals surface area contributed by atoms with Crippen LogP contribution >= 0.6 is 0 Å². The summed E-state index contributed by atoms with van der Waals surface area (Å²) < 4.78 is 10.3. The van der Waals surface area contributed by atoms with Crippen molar-refractivity contribution in [2.24, 2.45) is 5.73 Å². The molecule has 2 N–H and O–H groups in total. The number of aromatic nitrogens is 2. The highest BCUT2D eigenvalue weighted by atomic mass is 16.5. The zero-order chi connectivity index (χ0) is 11.5. The van der Waals surface area contributed by atoms with Crippen molar-refractivity contribution in [1.29, 1.82) is 0 Å². The normalized spacial score (nSPS) is 12.4. The Morgan fingerprint density at radius 2 is 2.12 bits per heavy atom. The second-order valence-electron chi connectivity index (χ2n) is 3.36. The van der Waals surface area contributed by atoms with Crippen molar-refractivity contribution in [3.63, 3.8) is 0 Å². The maximum Gasteiger partial charge on any atom is 0.237 e. The first-order chi connectivity index (χ1) is 7.74. The predicted octanol–water partition coefficient (Wildman–Crippen LogP) is 1.43. The molecule has 0 spiro atoms. The summed E-state index contributed by atoms with van der Waals surface area (Å²) in [7, 11) is 1.54. The third-order valence-electron chi connectivity index (χ3n) is 2.41. The van der Waals surface area contributed by atoms with Crippen molar-refractivity contribution in [3.8, 4) is 5.88 Å². The highest BCUT2D eigenvalue weighted by Gasteiger charge is 2.19. The van der Waals surface area contributed by atoms with Crippen LogP contribution in [0.25, 0.3) is 0 Å². The van der Waals surface area contributed by atoms with Gasteiger partial charge >= 0.3 is 0 Å².